The van der Waals surface area contributed by atoms with Crippen LogP contribution in [0.3, 0.4) is 0 Å². The molecule has 0 saturated heterocycles. The average Bonchev–Trinajstić information content (AvgIpc) is 3.22. The molecule has 0 fully saturated rings. The van der Waals surface area contributed by atoms with E-state index in [0.29, 0.717) is 27.7 Å². The third-order valence-electron chi connectivity index (χ3n) is 4.51. The lowest BCUT2D eigenvalue weighted by Crippen LogP contribution is -2.08. The van der Waals surface area contributed by atoms with E-state index in [0.717, 1.165) is 16.6 Å². The molecule has 30 heavy (non-hydrogen) atoms. The van der Waals surface area contributed by atoms with Crippen molar-refractivity contribution >= 4 is 39.3 Å². The lowest BCUT2D eigenvalue weighted by atomic mass is 10.1. The summed E-state index contributed by atoms with van der Waals surface area (Å²) in [5, 5.41) is 7.37. The first-order valence-electron chi connectivity index (χ1n) is 9.18. The molecule has 4 rings (SSSR count). The number of fused-ring (bicyclic) bond motifs is 1. The van der Waals surface area contributed by atoms with Crippen LogP contribution in [0.1, 0.15) is 5.56 Å². The maximum absolute atomic E-state index is 12.5. The van der Waals surface area contributed by atoms with Gasteiger partial charge in [-0.15, -0.1) is 11.3 Å². The highest BCUT2D eigenvalue weighted by Crippen LogP contribution is 2.29. The molecular formula is C22H20N4O3S. The lowest BCUT2D eigenvalue weighted by Gasteiger charge is -2.11. The van der Waals surface area contributed by atoms with Crippen molar-refractivity contribution in [3.8, 4) is 17.0 Å². The number of thiazole rings is 1. The van der Waals surface area contributed by atoms with Gasteiger partial charge in [-0.25, -0.2) is 9.78 Å². The molecule has 152 valence electrons. The summed E-state index contributed by atoms with van der Waals surface area (Å²) in [5.74, 6) is 0.518. The predicted octanol–water partition coefficient (Wildman–Crippen LogP) is 4.44. The molecule has 2 aromatic carbocycles. The topological polar surface area (TPSA) is 80.0 Å². The van der Waals surface area contributed by atoms with Gasteiger partial charge in [-0.3, -0.25) is 5.43 Å². The van der Waals surface area contributed by atoms with Crippen LogP contribution in [0.25, 0.3) is 22.2 Å². The average molecular weight is 420 g/mol. The number of hydrogen-bond donors (Lipinski definition) is 1. The Morgan fingerprint density at radius 1 is 1.20 bits per heavy atom. The van der Waals surface area contributed by atoms with Crippen LogP contribution < -0.4 is 20.7 Å². The zero-order valence-electron chi connectivity index (χ0n) is 16.7. The van der Waals surface area contributed by atoms with Gasteiger partial charge in [0.05, 0.1) is 24.6 Å². The number of ether oxygens (including phenoxy) is 1. The Morgan fingerprint density at radius 2 is 2.00 bits per heavy atom. The van der Waals surface area contributed by atoms with Crippen molar-refractivity contribution in [1.29, 1.82) is 0 Å². The van der Waals surface area contributed by atoms with Gasteiger partial charge in [-0.05, 0) is 29.8 Å². The number of anilines is 2. The molecule has 4 aromatic rings. The zero-order valence-corrected chi connectivity index (χ0v) is 17.6. The summed E-state index contributed by atoms with van der Waals surface area (Å²) in [7, 11) is 5.53. The molecule has 2 heterocycles. The summed E-state index contributed by atoms with van der Waals surface area (Å²) in [6, 6.07) is 15.2. The molecule has 0 aliphatic rings. The van der Waals surface area contributed by atoms with Gasteiger partial charge in [0.2, 0.25) is 5.13 Å². The maximum atomic E-state index is 12.5. The molecule has 2 aromatic heterocycles. The molecule has 0 bridgehead atoms. The summed E-state index contributed by atoms with van der Waals surface area (Å²) in [4.78, 5) is 19.0. The molecule has 0 unspecified atom stereocenters. The Labute approximate surface area is 177 Å². The largest absolute Gasteiger partial charge is 0.493 e. The number of nitrogens with zero attached hydrogens (tertiary/aromatic N) is 3. The Morgan fingerprint density at radius 3 is 2.73 bits per heavy atom. The molecule has 0 atom stereocenters. The van der Waals surface area contributed by atoms with Gasteiger partial charge in [0, 0.05) is 30.5 Å². The van der Waals surface area contributed by atoms with E-state index in [1.165, 1.54) is 18.4 Å². The summed E-state index contributed by atoms with van der Waals surface area (Å²) < 4.78 is 10.7. The summed E-state index contributed by atoms with van der Waals surface area (Å²) in [5.41, 5.74) is 5.88. The molecule has 0 amide bonds. The van der Waals surface area contributed by atoms with Crippen molar-refractivity contribution in [3.63, 3.8) is 0 Å². The van der Waals surface area contributed by atoms with Crippen molar-refractivity contribution in [2.45, 2.75) is 0 Å². The quantitative estimate of drug-likeness (QED) is 0.282. The Bertz CT molecular complexity index is 1260. The van der Waals surface area contributed by atoms with Crippen LogP contribution in [0.4, 0.5) is 10.8 Å². The fraction of sp³-hybridized carbons (Fsp3) is 0.136. The number of rotatable bonds is 6. The number of para-hydroxylation sites is 1. The molecule has 8 heteroatoms. The second kappa shape index (κ2) is 8.38. The zero-order chi connectivity index (χ0) is 21.1. The normalized spacial score (nSPS) is 11.2. The monoisotopic (exact) mass is 420 g/mol. The van der Waals surface area contributed by atoms with Gasteiger partial charge in [0.25, 0.3) is 0 Å². The summed E-state index contributed by atoms with van der Waals surface area (Å²) in [6.45, 7) is 0. The number of nitrogens with one attached hydrogen (secondary N) is 1. The van der Waals surface area contributed by atoms with Gasteiger partial charge < -0.3 is 14.1 Å². The van der Waals surface area contributed by atoms with Crippen LogP contribution >= 0.6 is 11.3 Å². The van der Waals surface area contributed by atoms with E-state index in [4.69, 9.17) is 9.15 Å². The predicted molar refractivity (Wildman–Crippen MR) is 122 cm³/mol. The first-order valence-corrected chi connectivity index (χ1v) is 10.1. The molecule has 1 N–H and O–H groups in total. The van der Waals surface area contributed by atoms with Gasteiger partial charge in [0.15, 0.2) is 11.3 Å². The third-order valence-corrected chi connectivity index (χ3v) is 5.25. The minimum absolute atomic E-state index is 0.392. The Kier molecular flexibility index (Phi) is 5.49. The highest BCUT2D eigenvalue weighted by molar-refractivity contribution is 7.14. The SMILES string of the molecule is COc1cccc2cc(-c3csc(N/N=C\c4ccc(N(C)C)cc4)n3)c(=O)oc12. The van der Waals surface area contributed by atoms with Gasteiger partial charge in [-0.2, -0.15) is 5.10 Å². The van der Waals surface area contributed by atoms with Crippen LogP contribution in [-0.4, -0.2) is 32.4 Å². The highest BCUT2D eigenvalue weighted by atomic mass is 32.1. The number of methoxy groups -OCH3 is 1. The molecule has 0 spiro atoms. The maximum Gasteiger partial charge on any atom is 0.345 e. The highest BCUT2D eigenvalue weighted by Gasteiger charge is 2.13. The standard InChI is InChI=1S/C22H20N4O3S/c1-26(2)16-9-7-14(8-10-16)12-23-25-22-24-18(13-30-22)17-11-15-5-4-6-19(28-3)20(15)29-21(17)27/h4-13H,1-3H3,(H,24,25)/b23-12-. The smallest absolute Gasteiger partial charge is 0.345 e. The minimum Gasteiger partial charge on any atom is -0.493 e. The van der Waals surface area contributed by atoms with Crippen LogP contribution in [0, 0.1) is 0 Å². The first kappa shape index (κ1) is 19.7. The molecule has 0 saturated carbocycles. The van der Waals surface area contributed by atoms with Crippen molar-refractivity contribution in [2.75, 3.05) is 31.5 Å². The molecule has 0 radical (unpaired) electrons. The van der Waals surface area contributed by atoms with E-state index in [-0.39, 0.29) is 0 Å². The number of benzene rings is 2. The molecule has 7 nitrogen and oxygen atoms in total. The van der Waals surface area contributed by atoms with E-state index in [1.807, 2.05) is 55.4 Å². The van der Waals surface area contributed by atoms with Crippen LogP contribution in [0.5, 0.6) is 5.75 Å². The van der Waals surface area contributed by atoms with Crippen molar-refractivity contribution in [3.05, 3.63) is 69.9 Å². The van der Waals surface area contributed by atoms with Crippen molar-refractivity contribution < 1.29 is 9.15 Å². The van der Waals surface area contributed by atoms with Crippen molar-refractivity contribution in [2.24, 2.45) is 5.10 Å². The molecule has 0 aliphatic carbocycles. The van der Waals surface area contributed by atoms with Gasteiger partial charge in [-0.1, -0.05) is 24.3 Å². The lowest BCUT2D eigenvalue weighted by molar-refractivity contribution is 0.407. The van der Waals surface area contributed by atoms with E-state index in [2.05, 4.69) is 15.5 Å². The van der Waals surface area contributed by atoms with E-state index >= 15 is 0 Å². The Hall–Kier alpha value is -3.65. The van der Waals surface area contributed by atoms with E-state index < -0.39 is 5.63 Å². The summed E-state index contributed by atoms with van der Waals surface area (Å²) >= 11 is 1.36. The minimum atomic E-state index is -0.465. The fourth-order valence-electron chi connectivity index (χ4n) is 2.93. The van der Waals surface area contributed by atoms with Crippen molar-refractivity contribution in [1.82, 2.24) is 4.98 Å². The second-order valence-electron chi connectivity index (χ2n) is 6.72. The van der Waals surface area contributed by atoms with Gasteiger partial charge >= 0.3 is 5.63 Å². The summed E-state index contributed by atoms with van der Waals surface area (Å²) in [6.07, 6.45) is 1.72. The second-order valence-corrected chi connectivity index (χ2v) is 7.58. The van der Waals surface area contributed by atoms with Crippen LogP contribution in [0.15, 0.2) is 68.2 Å². The Balaban J connectivity index is 1.53. The fourth-order valence-corrected chi connectivity index (χ4v) is 3.59. The molecular weight excluding hydrogens is 400 g/mol. The van der Waals surface area contributed by atoms with Crippen LogP contribution in [-0.2, 0) is 0 Å². The number of hydrazone groups is 1. The van der Waals surface area contributed by atoms with Crippen LogP contribution in [0.2, 0.25) is 0 Å². The van der Waals surface area contributed by atoms with E-state index in [1.54, 1.807) is 23.7 Å². The third kappa shape index (κ3) is 4.04. The number of aromatic nitrogens is 1. The molecule has 0 aliphatic heterocycles. The number of hydrogen-bond acceptors (Lipinski definition) is 8. The van der Waals surface area contributed by atoms with Gasteiger partial charge in [0.1, 0.15) is 0 Å². The van der Waals surface area contributed by atoms with E-state index in [9.17, 15) is 4.79 Å². The first-order chi connectivity index (χ1) is 14.5.